The average molecular weight is 274 g/mol. The Morgan fingerprint density at radius 2 is 2.06 bits per heavy atom. The molecule has 0 amide bonds. The van der Waals surface area contributed by atoms with Gasteiger partial charge >= 0.3 is 5.97 Å². The Bertz CT molecular complexity index is 438. The minimum absolute atomic E-state index is 0. The first-order valence-corrected chi connectivity index (χ1v) is 5.59. The van der Waals surface area contributed by atoms with Crippen molar-refractivity contribution >= 4 is 18.4 Å². The number of halogens is 2. The quantitative estimate of drug-likeness (QED) is 0.840. The van der Waals surface area contributed by atoms with Crippen LogP contribution < -0.4 is 5.73 Å². The van der Waals surface area contributed by atoms with Crippen molar-refractivity contribution in [1.82, 2.24) is 0 Å². The summed E-state index contributed by atoms with van der Waals surface area (Å²) >= 11 is 0. The van der Waals surface area contributed by atoms with Crippen LogP contribution in [-0.4, -0.2) is 19.1 Å². The summed E-state index contributed by atoms with van der Waals surface area (Å²) in [6, 6.07) is 4.65. The van der Waals surface area contributed by atoms with E-state index in [1.54, 1.807) is 6.92 Å². The number of hydrogen-bond donors (Lipinski definition) is 1. The lowest BCUT2D eigenvalue weighted by Crippen LogP contribution is -2.54. The third-order valence-corrected chi connectivity index (χ3v) is 3.39. The standard InChI is InChI=1S/C13H16FNO2.ClH/c1-8-3-9(5-10(14)4-8)13(12(16)17-2)6-11(15)7-13;/h3-5,11H,6-7,15H2,1-2H3;1H. The predicted molar refractivity (Wildman–Crippen MR) is 69.3 cm³/mol. The molecule has 0 bridgehead atoms. The molecule has 1 aliphatic rings. The van der Waals surface area contributed by atoms with Crippen molar-refractivity contribution in [2.24, 2.45) is 5.73 Å². The van der Waals surface area contributed by atoms with Crippen LogP contribution >= 0.6 is 12.4 Å². The van der Waals surface area contributed by atoms with E-state index in [0.29, 0.717) is 18.4 Å². The molecule has 1 aliphatic carbocycles. The van der Waals surface area contributed by atoms with Crippen molar-refractivity contribution in [2.75, 3.05) is 7.11 Å². The molecule has 0 heterocycles. The lowest BCUT2D eigenvalue weighted by atomic mass is 9.61. The second-order valence-corrected chi connectivity index (χ2v) is 4.76. The first-order chi connectivity index (χ1) is 7.98. The van der Waals surface area contributed by atoms with E-state index in [0.717, 1.165) is 5.56 Å². The number of esters is 1. The van der Waals surface area contributed by atoms with Crippen molar-refractivity contribution in [3.8, 4) is 0 Å². The maximum atomic E-state index is 13.4. The van der Waals surface area contributed by atoms with Gasteiger partial charge in [-0.25, -0.2) is 4.39 Å². The molecular weight excluding hydrogens is 257 g/mol. The highest BCUT2D eigenvalue weighted by Gasteiger charge is 2.51. The van der Waals surface area contributed by atoms with Gasteiger partial charge in [0.05, 0.1) is 12.5 Å². The van der Waals surface area contributed by atoms with Gasteiger partial charge in [-0.2, -0.15) is 0 Å². The normalized spacial score (nSPS) is 25.9. The Labute approximate surface area is 112 Å². The van der Waals surface area contributed by atoms with Crippen LogP contribution in [-0.2, 0) is 14.9 Å². The summed E-state index contributed by atoms with van der Waals surface area (Å²) in [6.45, 7) is 1.80. The molecule has 0 radical (unpaired) electrons. The number of rotatable bonds is 2. The zero-order valence-corrected chi connectivity index (χ0v) is 11.2. The Morgan fingerprint density at radius 1 is 1.44 bits per heavy atom. The molecule has 1 aromatic rings. The molecule has 0 spiro atoms. The Balaban J connectivity index is 0.00000162. The highest BCUT2D eigenvalue weighted by Crippen LogP contribution is 2.44. The van der Waals surface area contributed by atoms with Gasteiger partial charge in [0.2, 0.25) is 0 Å². The summed E-state index contributed by atoms with van der Waals surface area (Å²) < 4.78 is 18.2. The van der Waals surface area contributed by atoms with Crippen molar-refractivity contribution in [3.63, 3.8) is 0 Å². The smallest absolute Gasteiger partial charge is 0.316 e. The van der Waals surface area contributed by atoms with Gasteiger partial charge in [-0.1, -0.05) is 6.07 Å². The molecule has 5 heteroatoms. The van der Waals surface area contributed by atoms with Crippen molar-refractivity contribution in [3.05, 3.63) is 35.1 Å². The molecule has 3 nitrogen and oxygen atoms in total. The van der Waals surface area contributed by atoms with Gasteiger partial charge in [0, 0.05) is 6.04 Å². The average Bonchev–Trinajstić information content (AvgIpc) is 2.22. The van der Waals surface area contributed by atoms with E-state index in [2.05, 4.69) is 0 Å². The lowest BCUT2D eigenvalue weighted by molar-refractivity contribution is -0.152. The van der Waals surface area contributed by atoms with Crippen LogP contribution in [0.3, 0.4) is 0 Å². The van der Waals surface area contributed by atoms with Crippen LogP contribution in [0.25, 0.3) is 0 Å². The molecule has 0 saturated heterocycles. The third kappa shape index (κ3) is 2.35. The van der Waals surface area contributed by atoms with E-state index in [4.69, 9.17) is 10.5 Å². The summed E-state index contributed by atoms with van der Waals surface area (Å²) in [5.74, 6) is -0.659. The van der Waals surface area contributed by atoms with E-state index in [1.165, 1.54) is 19.2 Å². The zero-order valence-electron chi connectivity index (χ0n) is 10.4. The highest BCUT2D eigenvalue weighted by molar-refractivity contribution is 5.85. The van der Waals surface area contributed by atoms with E-state index < -0.39 is 5.41 Å². The number of carbonyl (C=O) groups is 1. The molecule has 2 rings (SSSR count). The van der Waals surface area contributed by atoms with Crippen LogP contribution in [0, 0.1) is 12.7 Å². The Morgan fingerprint density at radius 3 is 2.50 bits per heavy atom. The van der Waals surface area contributed by atoms with Gasteiger partial charge in [0.1, 0.15) is 5.82 Å². The van der Waals surface area contributed by atoms with E-state index in [1.807, 2.05) is 6.07 Å². The van der Waals surface area contributed by atoms with Crippen LogP contribution in [0.1, 0.15) is 24.0 Å². The van der Waals surface area contributed by atoms with E-state index in [-0.39, 0.29) is 30.2 Å². The number of hydrogen-bond acceptors (Lipinski definition) is 3. The summed E-state index contributed by atoms with van der Waals surface area (Å²) in [5.41, 5.74) is 6.47. The molecule has 18 heavy (non-hydrogen) atoms. The lowest BCUT2D eigenvalue weighted by Gasteiger charge is -2.44. The summed E-state index contributed by atoms with van der Waals surface area (Å²) in [5, 5.41) is 0. The molecular formula is C13H17ClFNO2. The van der Waals surface area contributed by atoms with Crippen molar-refractivity contribution in [1.29, 1.82) is 0 Å². The largest absolute Gasteiger partial charge is 0.468 e. The minimum Gasteiger partial charge on any atom is -0.468 e. The molecule has 2 N–H and O–H groups in total. The second-order valence-electron chi connectivity index (χ2n) is 4.76. The first kappa shape index (κ1) is 14.9. The van der Waals surface area contributed by atoms with Crippen LogP contribution in [0.15, 0.2) is 18.2 Å². The maximum absolute atomic E-state index is 13.4. The van der Waals surface area contributed by atoms with Gasteiger partial charge in [0.15, 0.2) is 0 Å². The second kappa shape index (κ2) is 5.24. The first-order valence-electron chi connectivity index (χ1n) is 5.59. The summed E-state index contributed by atoms with van der Waals surface area (Å²) in [7, 11) is 1.35. The highest BCUT2D eigenvalue weighted by atomic mass is 35.5. The summed E-state index contributed by atoms with van der Waals surface area (Å²) in [4.78, 5) is 11.9. The maximum Gasteiger partial charge on any atom is 0.316 e. The Hall–Kier alpha value is -1.13. The molecule has 0 atom stereocenters. The van der Waals surface area contributed by atoms with Gasteiger partial charge in [-0.15, -0.1) is 12.4 Å². The third-order valence-electron chi connectivity index (χ3n) is 3.39. The predicted octanol–water partition coefficient (Wildman–Crippen LogP) is 2.09. The number of nitrogens with two attached hydrogens (primary N) is 1. The SMILES string of the molecule is COC(=O)C1(c2cc(C)cc(F)c2)CC(N)C1.Cl. The fraction of sp³-hybridized carbons (Fsp3) is 0.462. The number of benzene rings is 1. The fourth-order valence-electron chi connectivity index (χ4n) is 2.56. The van der Waals surface area contributed by atoms with Crippen molar-refractivity contribution < 1.29 is 13.9 Å². The molecule has 100 valence electrons. The zero-order chi connectivity index (χ0) is 12.6. The number of methoxy groups -OCH3 is 1. The van der Waals surface area contributed by atoms with E-state index in [9.17, 15) is 9.18 Å². The van der Waals surface area contributed by atoms with E-state index >= 15 is 0 Å². The van der Waals surface area contributed by atoms with Crippen LogP contribution in [0.5, 0.6) is 0 Å². The van der Waals surface area contributed by atoms with Gasteiger partial charge in [-0.05, 0) is 43.0 Å². The monoisotopic (exact) mass is 273 g/mol. The van der Waals surface area contributed by atoms with Crippen molar-refractivity contribution in [2.45, 2.75) is 31.2 Å². The molecule has 0 aromatic heterocycles. The van der Waals surface area contributed by atoms with Gasteiger partial charge in [-0.3, -0.25) is 4.79 Å². The van der Waals surface area contributed by atoms with Crippen LogP contribution in [0.4, 0.5) is 4.39 Å². The van der Waals surface area contributed by atoms with Gasteiger partial charge in [0.25, 0.3) is 0 Å². The number of carbonyl (C=O) groups excluding carboxylic acids is 1. The molecule has 1 saturated carbocycles. The number of ether oxygens (including phenoxy) is 1. The molecule has 1 aromatic carbocycles. The Kier molecular flexibility index (Phi) is 4.35. The molecule has 1 fully saturated rings. The topological polar surface area (TPSA) is 52.3 Å². The summed E-state index contributed by atoms with van der Waals surface area (Å²) in [6.07, 6.45) is 1.03. The number of aryl methyl sites for hydroxylation is 1. The van der Waals surface area contributed by atoms with Gasteiger partial charge < -0.3 is 10.5 Å². The molecule has 0 aliphatic heterocycles. The fourth-order valence-corrected chi connectivity index (χ4v) is 2.56. The minimum atomic E-state index is -0.749. The molecule has 0 unspecified atom stereocenters. The van der Waals surface area contributed by atoms with Crippen LogP contribution in [0.2, 0.25) is 0 Å².